The Morgan fingerprint density at radius 1 is 1.00 bits per heavy atom. The third-order valence-electron chi connectivity index (χ3n) is 4.95. The molecule has 0 aromatic heterocycles. The Morgan fingerprint density at radius 2 is 1.71 bits per heavy atom. The third-order valence-corrected chi connectivity index (χ3v) is 4.95. The Labute approximate surface area is 179 Å². The number of benzene rings is 3. The molecule has 4 rings (SSSR count). The molecule has 3 aromatic rings. The van der Waals surface area contributed by atoms with Crippen molar-refractivity contribution < 1.29 is 14.7 Å². The number of carbonyl (C=O) groups is 1. The van der Waals surface area contributed by atoms with Gasteiger partial charge in [0.25, 0.3) is 0 Å². The first kappa shape index (κ1) is 20.1. The van der Waals surface area contributed by atoms with E-state index in [1.54, 1.807) is 48.5 Å². The second kappa shape index (κ2) is 8.64. The van der Waals surface area contributed by atoms with Gasteiger partial charge in [-0.15, -0.1) is 5.17 Å². The summed E-state index contributed by atoms with van der Waals surface area (Å²) in [5, 5.41) is 13.6. The number of phenolic OH excluding ortho intramolecular Hbond substituents is 1. The van der Waals surface area contributed by atoms with Gasteiger partial charge in [-0.3, -0.25) is 0 Å². The van der Waals surface area contributed by atoms with E-state index in [1.807, 2.05) is 42.6 Å². The average Bonchev–Trinajstić information content (AvgIpc) is 2.80. The first-order valence-electron chi connectivity index (χ1n) is 9.67. The molecule has 7 nitrogen and oxygen atoms in total. The summed E-state index contributed by atoms with van der Waals surface area (Å²) in [4.78, 5) is 17.6. The normalized spacial score (nSPS) is 15.0. The minimum absolute atomic E-state index is 0.0274. The van der Waals surface area contributed by atoms with Crippen LogP contribution in [0, 0.1) is 0 Å². The van der Waals surface area contributed by atoms with Gasteiger partial charge in [0.05, 0.1) is 17.3 Å². The third kappa shape index (κ3) is 4.52. The zero-order chi connectivity index (χ0) is 21.8. The van der Waals surface area contributed by atoms with Gasteiger partial charge in [0.1, 0.15) is 11.4 Å². The topological polar surface area (TPSA) is 114 Å². The minimum Gasteiger partial charge on any atom is -0.508 e. The SMILES string of the molecule is Nc1ccccc1N(N)OC(=O)c1ccc(C2=CNC(c3ccc(O)cc3)C=C2)cc1. The maximum Gasteiger partial charge on any atom is 0.365 e. The van der Waals surface area contributed by atoms with Gasteiger partial charge in [0.15, 0.2) is 0 Å². The van der Waals surface area contributed by atoms with Crippen molar-refractivity contribution in [1.29, 1.82) is 0 Å². The fraction of sp³-hybridized carbons (Fsp3) is 0.0417. The average molecular weight is 414 g/mol. The minimum atomic E-state index is -0.587. The molecule has 3 aromatic carbocycles. The summed E-state index contributed by atoms with van der Waals surface area (Å²) in [5.41, 5.74) is 9.99. The lowest BCUT2D eigenvalue weighted by Gasteiger charge is -2.20. The van der Waals surface area contributed by atoms with Gasteiger partial charge in [-0.05, 0) is 53.1 Å². The van der Waals surface area contributed by atoms with Crippen LogP contribution < -0.4 is 22.1 Å². The maximum atomic E-state index is 12.4. The number of rotatable bonds is 5. The van der Waals surface area contributed by atoms with E-state index in [1.165, 1.54) is 0 Å². The van der Waals surface area contributed by atoms with Gasteiger partial charge in [-0.1, -0.05) is 48.6 Å². The number of hydrogen-bond acceptors (Lipinski definition) is 7. The van der Waals surface area contributed by atoms with E-state index in [9.17, 15) is 9.90 Å². The van der Waals surface area contributed by atoms with Crippen molar-refractivity contribution in [1.82, 2.24) is 5.32 Å². The lowest BCUT2D eigenvalue weighted by Crippen LogP contribution is -2.34. The number of carbonyl (C=O) groups excluding carboxylic acids is 1. The molecule has 0 spiro atoms. The van der Waals surface area contributed by atoms with Crippen molar-refractivity contribution in [2.75, 3.05) is 10.9 Å². The number of nitrogens with two attached hydrogens (primary N) is 2. The van der Waals surface area contributed by atoms with E-state index in [4.69, 9.17) is 16.4 Å². The zero-order valence-corrected chi connectivity index (χ0v) is 16.6. The Balaban J connectivity index is 1.40. The Kier molecular flexibility index (Phi) is 5.59. The van der Waals surface area contributed by atoms with Crippen LogP contribution in [0.1, 0.15) is 27.5 Å². The number of anilines is 2. The molecule has 1 unspecified atom stereocenters. The summed E-state index contributed by atoms with van der Waals surface area (Å²) in [6.07, 6.45) is 5.98. The molecule has 1 aliphatic heterocycles. The molecule has 6 N–H and O–H groups in total. The highest BCUT2D eigenvalue weighted by molar-refractivity contribution is 5.91. The van der Waals surface area contributed by atoms with Crippen molar-refractivity contribution in [3.8, 4) is 5.75 Å². The fourth-order valence-corrected chi connectivity index (χ4v) is 3.23. The smallest absolute Gasteiger partial charge is 0.365 e. The number of hydrazine groups is 1. The molecule has 0 bridgehead atoms. The second-order valence-electron chi connectivity index (χ2n) is 7.04. The van der Waals surface area contributed by atoms with Crippen molar-refractivity contribution >= 4 is 22.9 Å². The number of allylic oxidation sites excluding steroid dienone is 2. The largest absolute Gasteiger partial charge is 0.508 e. The van der Waals surface area contributed by atoms with Crippen molar-refractivity contribution in [3.05, 3.63) is 108 Å². The molecule has 0 fully saturated rings. The molecule has 31 heavy (non-hydrogen) atoms. The molecule has 0 amide bonds. The van der Waals surface area contributed by atoms with Crippen molar-refractivity contribution in [2.45, 2.75) is 6.04 Å². The number of dihydropyridines is 1. The molecule has 1 aliphatic rings. The zero-order valence-electron chi connectivity index (χ0n) is 16.6. The molecule has 156 valence electrons. The lowest BCUT2D eigenvalue weighted by molar-refractivity contribution is 0.0451. The van der Waals surface area contributed by atoms with Crippen LogP contribution in [0.3, 0.4) is 0 Å². The van der Waals surface area contributed by atoms with Gasteiger partial charge >= 0.3 is 5.97 Å². The monoisotopic (exact) mass is 414 g/mol. The van der Waals surface area contributed by atoms with Crippen LogP contribution in [0.5, 0.6) is 5.75 Å². The number of nitrogens with zero attached hydrogens (tertiary/aromatic N) is 1. The number of phenols is 1. The van der Waals surface area contributed by atoms with Crippen molar-refractivity contribution in [3.63, 3.8) is 0 Å². The van der Waals surface area contributed by atoms with E-state index in [-0.39, 0.29) is 11.8 Å². The van der Waals surface area contributed by atoms with Crippen LogP contribution in [0.4, 0.5) is 11.4 Å². The molecule has 7 heteroatoms. The van der Waals surface area contributed by atoms with Gasteiger partial charge in [0.2, 0.25) is 0 Å². The van der Waals surface area contributed by atoms with Gasteiger partial charge in [0, 0.05) is 6.20 Å². The summed E-state index contributed by atoms with van der Waals surface area (Å²) in [6.45, 7) is 0. The highest BCUT2D eigenvalue weighted by Gasteiger charge is 2.15. The van der Waals surface area contributed by atoms with Crippen LogP contribution >= 0.6 is 0 Å². The lowest BCUT2D eigenvalue weighted by atomic mass is 9.98. The van der Waals surface area contributed by atoms with Gasteiger partial charge < -0.3 is 21.0 Å². The van der Waals surface area contributed by atoms with E-state index >= 15 is 0 Å². The highest BCUT2D eigenvalue weighted by atomic mass is 16.7. The molecule has 1 heterocycles. The van der Waals surface area contributed by atoms with Crippen LogP contribution in [0.15, 0.2) is 91.1 Å². The van der Waals surface area contributed by atoms with E-state index < -0.39 is 5.97 Å². The summed E-state index contributed by atoms with van der Waals surface area (Å²) in [6, 6.07) is 21.0. The molecule has 1 atom stereocenters. The standard InChI is InChI=1S/C24H22N4O3/c25-21-3-1-2-4-23(21)28(26)31-24(30)18-7-5-16(6-8-18)19-11-14-22(27-15-19)17-9-12-20(29)13-10-17/h1-15,22,27,29H,25-26H2. The Morgan fingerprint density at radius 3 is 2.35 bits per heavy atom. The quantitative estimate of drug-likeness (QED) is 0.286. The number of nitrogen functional groups attached to an aromatic ring is 1. The van der Waals surface area contributed by atoms with Crippen LogP contribution in [0.2, 0.25) is 0 Å². The molecule has 0 saturated heterocycles. The number of aromatic hydroxyl groups is 1. The molecule has 0 radical (unpaired) electrons. The van der Waals surface area contributed by atoms with E-state index in [0.29, 0.717) is 16.9 Å². The molecule has 0 aliphatic carbocycles. The van der Waals surface area contributed by atoms with Gasteiger partial charge in [-0.25, -0.2) is 10.6 Å². The predicted octanol–water partition coefficient (Wildman–Crippen LogP) is 3.67. The first-order valence-corrected chi connectivity index (χ1v) is 9.67. The van der Waals surface area contributed by atoms with Gasteiger partial charge in [-0.2, -0.15) is 0 Å². The first-order chi connectivity index (χ1) is 15.0. The highest BCUT2D eigenvalue weighted by Crippen LogP contribution is 2.26. The summed E-state index contributed by atoms with van der Waals surface area (Å²) < 4.78 is 0. The number of para-hydroxylation sites is 2. The summed E-state index contributed by atoms with van der Waals surface area (Å²) in [7, 11) is 0. The number of hydrogen-bond donors (Lipinski definition) is 4. The van der Waals surface area contributed by atoms with Crippen molar-refractivity contribution in [2.24, 2.45) is 5.84 Å². The van der Waals surface area contributed by atoms with Crippen LogP contribution in [0.25, 0.3) is 5.57 Å². The van der Waals surface area contributed by atoms with Crippen LogP contribution in [-0.2, 0) is 4.84 Å². The van der Waals surface area contributed by atoms with E-state index in [0.717, 1.165) is 21.9 Å². The summed E-state index contributed by atoms with van der Waals surface area (Å²) in [5.74, 6) is 5.47. The molecular weight excluding hydrogens is 392 g/mol. The fourth-order valence-electron chi connectivity index (χ4n) is 3.23. The Hall–Kier alpha value is -4.23. The predicted molar refractivity (Wildman–Crippen MR) is 120 cm³/mol. The maximum absolute atomic E-state index is 12.4. The molecular formula is C24H22N4O3. The number of nitrogens with one attached hydrogen (secondary N) is 1. The second-order valence-corrected chi connectivity index (χ2v) is 7.04. The Bertz CT molecular complexity index is 1140. The summed E-state index contributed by atoms with van der Waals surface area (Å²) >= 11 is 0. The molecule has 0 saturated carbocycles. The van der Waals surface area contributed by atoms with E-state index in [2.05, 4.69) is 5.32 Å². The van der Waals surface area contributed by atoms with Crippen LogP contribution in [-0.4, -0.2) is 11.1 Å².